The second-order valence-electron chi connectivity index (χ2n) is 9.12. The van der Waals surface area contributed by atoms with E-state index in [1.165, 1.54) is 28.5 Å². The molecule has 2 fully saturated rings. The molecule has 196 valence electrons. The normalized spacial score (nSPS) is 27.9. The molecule has 4 heterocycles. The van der Waals surface area contributed by atoms with Gasteiger partial charge in [-0.05, 0) is 20.3 Å². The number of H-pyrrole nitrogens is 2. The van der Waals surface area contributed by atoms with Crippen molar-refractivity contribution < 1.29 is 24.5 Å². The van der Waals surface area contributed by atoms with Gasteiger partial charge >= 0.3 is 11.4 Å². The molecule has 1 amide bonds. The monoisotopic (exact) mass is 507 g/mol. The van der Waals surface area contributed by atoms with Crippen molar-refractivity contribution in [3.8, 4) is 0 Å². The van der Waals surface area contributed by atoms with Crippen molar-refractivity contribution in [2.45, 2.75) is 63.9 Å². The van der Waals surface area contributed by atoms with Gasteiger partial charge in [-0.1, -0.05) is 0 Å². The van der Waals surface area contributed by atoms with E-state index in [1.807, 2.05) is 0 Å². The third-order valence-corrected chi connectivity index (χ3v) is 6.60. The SMILES string of the molecule is Cc1cn([C@H]2C[C@H](C(=O)NCC[C@H]3O[C@@H](n4cc(C)c(=O)[nH]c4=O)C[C@@H]3O)[C@@H](CO)O2)c(=O)[nH]c1=O. The van der Waals surface area contributed by atoms with Gasteiger partial charge in [0.05, 0.1) is 30.8 Å². The molecule has 5 N–H and O–H groups in total. The first kappa shape index (κ1) is 25.8. The summed E-state index contributed by atoms with van der Waals surface area (Å²) in [6.45, 7) is 2.80. The maximum absolute atomic E-state index is 12.8. The van der Waals surface area contributed by atoms with Crippen LogP contribution in [0.25, 0.3) is 0 Å². The van der Waals surface area contributed by atoms with Gasteiger partial charge in [0.1, 0.15) is 12.5 Å². The van der Waals surface area contributed by atoms with Crippen LogP contribution in [0.3, 0.4) is 0 Å². The number of nitrogens with zero attached hydrogens (tertiary/aromatic N) is 2. The highest BCUT2D eigenvalue weighted by Gasteiger charge is 2.41. The lowest BCUT2D eigenvalue weighted by molar-refractivity contribution is -0.128. The third-order valence-electron chi connectivity index (χ3n) is 6.60. The zero-order chi connectivity index (χ0) is 26.1. The molecule has 36 heavy (non-hydrogen) atoms. The largest absolute Gasteiger partial charge is 0.394 e. The number of aromatic nitrogens is 4. The van der Waals surface area contributed by atoms with E-state index in [0.717, 1.165) is 0 Å². The lowest BCUT2D eigenvalue weighted by atomic mass is 10.00. The van der Waals surface area contributed by atoms with E-state index in [2.05, 4.69) is 15.3 Å². The van der Waals surface area contributed by atoms with Crippen LogP contribution in [0.5, 0.6) is 0 Å². The van der Waals surface area contributed by atoms with Gasteiger partial charge in [0.25, 0.3) is 11.1 Å². The molecule has 14 heteroatoms. The van der Waals surface area contributed by atoms with E-state index in [1.54, 1.807) is 6.92 Å². The molecule has 0 unspecified atom stereocenters. The van der Waals surface area contributed by atoms with E-state index in [9.17, 15) is 34.2 Å². The Kier molecular flexibility index (Phi) is 7.40. The maximum atomic E-state index is 12.8. The number of carbonyl (C=O) groups is 1. The molecule has 0 aromatic carbocycles. The van der Waals surface area contributed by atoms with Gasteiger partial charge in [-0.25, -0.2) is 9.59 Å². The molecule has 2 aromatic rings. The summed E-state index contributed by atoms with van der Waals surface area (Å²) in [5.74, 6) is -1.15. The summed E-state index contributed by atoms with van der Waals surface area (Å²) in [6.07, 6.45) is -0.740. The molecule has 4 rings (SSSR count). The highest BCUT2D eigenvalue weighted by molar-refractivity contribution is 5.79. The fourth-order valence-corrected chi connectivity index (χ4v) is 4.56. The van der Waals surface area contributed by atoms with Crippen molar-refractivity contribution in [1.29, 1.82) is 0 Å². The maximum Gasteiger partial charge on any atom is 0.330 e. The lowest BCUT2D eigenvalue weighted by Crippen LogP contribution is -2.38. The molecular formula is C22H29N5O9. The van der Waals surface area contributed by atoms with E-state index in [4.69, 9.17) is 9.47 Å². The summed E-state index contributed by atoms with van der Waals surface area (Å²) in [5.41, 5.74) is -1.68. The van der Waals surface area contributed by atoms with Gasteiger partial charge in [-0.15, -0.1) is 0 Å². The van der Waals surface area contributed by atoms with Gasteiger partial charge in [-0.3, -0.25) is 33.5 Å². The van der Waals surface area contributed by atoms with Gasteiger partial charge in [0.15, 0.2) is 0 Å². The van der Waals surface area contributed by atoms with Crippen LogP contribution in [0.4, 0.5) is 0 Å². The molecule has 2 aromatic heterocycles. The number of rotatable bonds is 7. The summed E-state index contributed by atoms with van der Waals surface area (Å²) in [7, 11) is 0. The summed E-state index contributed by atoms with van der Waals surface area (Å²) in [6, 6.07) is 0. The van der Waals surface area contributed by atoms with Crippen molar-refractivity contribution in [3.63, 3.8) is 0 Å². The molecule has 0 spiro atoms. The molecular weight excluding hydrogens is 478 g/mol. The number of hydrogen-bond acceptors (Lipinski definition) is 9. The molecule has 0 radical (unpaired) electrons. The Balaban J connectivity index is 1.35. The number of aliphatic hydroxyl groups excluding tert-OH is 2. The summed E-state index contributed by atoms with van der Waals surface area (Å²) >= 11 is 0. The number of carbonyl (C=O) groups excluding carboxylic acids is 1. The molecule has 2 saturated heterocycles. The summed E-state index contributed by atoms with van der Waals surface area (Å²) in [5, 5.41) is 22.8. The minimum Gasteiger partial charge on any atom is -0.394 e. The fourth-order valence-electron chi connectivity index (χ4n) is 4.56. The second kappa shape index (κ2) is 10.3. The van der Waals surface area contributed by atoms with Gasteiger partial charge in [0.2, 0.25) is 5.91 Å². The Morgan fingerprint density at radius 3 is 2.06 bits per heavy atom. The Hall–Kier alpha value is -3.33. The van der Waals surface area contributed by atoms with E-state index >= 15 is 0 Å². The average Bonchev–Trinajstić information content (AvgIpc) is 3.42. The Labute approximate surface area is 203 Å². The first-order chi connectivity index (χ1) is 17.1. The van der Waals surface area contributed by atoms with E-state index < -0.39 is 71.7 Å². The minimum atomic E-state index is -0.884. The number of aryl methyl sites for hydroxylation is 2. The first-order valence-corrected chi connectivity index (χ1v) is 11.6. The number of ether oxygens (including phenoxy) is 2. The number of aliphatic hydroxyl groups is 2. The van der Waals surface area contributed by atoms with E-state index in [0.29, 0.717) is 11.1 Å². The molecule has 6 atom stereocenters. The number of aromatic amines is 2. The van der Waals surface area contributed by atoms with Crippen LogP contribution in [0.2, 0.25) is 0 Å². The third kappa shape index (κ3) is 5.11. The average molecular weight is 508 g/mol. The fraction of sp³-hybridized carbons (Fsp3) is 0.591. The van der Waals surface area contributed by atoms with E-state index in [-0.39, 0.29) is 25.8 Å². The topological polar surface area (TPSA) is 198 Å². The van der Waals surface area contributed by atoms with Crippen LogP contribution in [0.15, 0.2) is 31.6 Å². The van der Waals surface area contributed by atoms with Crippen molar-refractivity contribution in [1.82, 2.24) is 24.4 Å². The van der Waals surface area contributed by atoms with Gasteiger partial charge < -0.3 is 25.0 Å². The molecule has 0 saturated carbocycles. The molecule has 2 aliphatic rings. The number of amides is 1. The highest BCUT2D eigenvalue weighted by atomic mass is 16.5. The predicted molar refractivity (Wildman–Crippen MR) is 123 cm³/mol. The summed E-state index contributed by atoms with van der Waals surface area (Å²) < 4.78 is 13.9. The Bertz CT molecular complexity index is 1360. The zero-order valence-electron chi connectivity index (χ0n) is 19.8. The van der Waals surface area contributed by atoms with Crippen molar-refractivity contribution in [3.05, 3.63) is 65.2 Å². The van der Waals surface area contributed by atoms with Crippen molar-refractivity contribution >= 4 is 5.91 Å². The predicted octanol–water partition coefficient (Wildman–Crippen LogP) is -2.25. The Morgan fingerprint density at radius 1 is 0.972 bits per heavy atom. The number of nitrogens with one attached hydrogen (secondary N) is 3. The molecule has 0 aliphatic carbocycles. The molecule has 2 aliphatic heterocycles. The van der Waals surface area contributed by atoms with Crippen LogP contribution < -0.4 is 27.8 Å². The van der Waals surface area contributed by atoms with Crippen LogP contribution in [0.1, 0.15) is 42.8 Å². The highest BCUT2D eigenvalue weighted by Crippen LogP contribution is 2.33. The van der Waals surface area contributed by atoms with Crippen molar-refractivity contribution in [2.75, 3.05) is 13.2 Å². The van der Waals surface area contributed by atoms with Crippen molar-refractivity contribution in [2.24, 2.45) is 5.92 Å². The van der Waals surface area contributed by atoms with Crippen LogP contribution in [-0.2, 0) is 14.3 Å². The van der Waals surface area contributed by atoms with Crippen LogP contribution in [-0.4, -0.2) is 66.7 Å². The molecule has 0 bridgehead atoms. The lowest BCUT2D eigenvalue weighted by Gasteiger charge is -2.18. The minimum absolute atomic E-state index is 0.113. The standard InChI is InChI=1S/C22H29N5O9/c1-10-7-26(21(33)24-18(10)30)16-5-12(15(9-28)36-16)20(32)23-4-3-14-13(29)6-17(35-14)27-8-11(2)19(31)25-22(27)34/h7-8,12-17,28-29H,3-6,9H2,1-2H3,(H,23,32)(H,24,30,33)(H,25,31,34)/t12-,13-,14+,15+,16+,17+/m0/s1. The quantitative estimate of drug-likeness (QED) is 0.275. The van der Waals surface area contributed by atoms with Crippen LogP contribution >= 0.6 is 0 Å². The zero-order valence-corrected chi connectivity index (χ0v) is 19.8. The Morgan fingerprint density at radius 2 is 1.50 bits per heavy atom. The second-order valence-corrected chi connectivity index (χ2v) is 9.12. The van der Waals surface area contributed by atoms with Gasteiger partial charge in [0, 0.05) is 42.9 Å². The van der Waals surface area contributed by atoms with Gasteiger partial charge in [-0.2, -0.15) is 0 Å². The summed E-state index contributed by atoms with van der Waals surface area (Å²) in [4.78, 5) is 64.7. The smallest absolute Gasteiger partial charge is 0.330 e. The van der Waals surface area contributed by atoms with Crippen LogP contribution in [0, 0.1) is 19.8 Å². The molecule has 14 nitrogen and oxygen atoms in total. The first-order valence-electron chi connectivity index (χ1n) is 11.6. The number of hydrogen-bond donors (Lipinski definition) is 5.